The number of hydrogen-bond acceptors (Lipinski definition) is 16. The number of carbonyl (C=O) groups is 4. The molecule has 8 aliphatic rings. The molecule has 0 spiro atoms. The molecule has 2 saturated carbocycles. The van der Waals surface area contributed by atoms with Crippen LogP contribution in [0.1, 0.15) is 66.2 Å². The quantitative estimate of drug-likeness (QED) is 0.0786. The molecule has 70 heavy (non-hydrogen) atoms. The lowest BCUT2D eigenvalue weighted by atomic mass is 9.53. The van der Waals surface area contributed by atoms with Crippen LogP contribution in [0.25, 0.3) is 0 Å². The van der Waals surface area contributed by atoms with Crippen LogP contribution in [-0.4, -0.2) is 154 Å². The predicted molar refractivity (Wildman–Crippen MR) is 258 cm³/mol. The number of hydrogen-bond donors (Lipinski definition) is 6. The minimum atomic E-state index is -1.20. The fourth-order valence-corrected chi connectivity index (χ4v) is 13.4. The molecule has 0 aromatic heterocycles. The number of rotatable bonds is 14. The fourth-order valence-electron chi connectivity index (χ4n) is 13.4. The molecule has 6 aliphatic carbocycles. The van der Waals surface area contributed by atoms with E-state index in [4.69, 9.17) is 18.9 Å². The Morgan fingerprint density at radius 1 is 0.586 bits per heavy atom. The van der Waals surface area contributed by atoms with Crippen molar-refractivity contribution in [1.29, 1.82) is 0 Å². The normalized spacial score (nSPS) is 37.6. The fraction of sp³-hybridized carbons (Fsp3) is 0.556. The summed E-state index contributed by atoms with van der Waals surface area (Å²) < 4.78 is 22.4. The lowest BCUT2D eigenvalue weighted by Gasteiger charge is -2.53. The van der Waals surface area contributed by atoms with E-state index in [9.17, 15) is 49.8 Å². The highest BCUT2D eigenvalue weighted by molar-refractivity contribution is 6.14. The van der Waals surface area contributed by atoms with Gasteiger partial charge in [0, 0.05) is 85.9 Å². The topological polar surface area (TPSA) is 233 Å². The maximum absolute atomic E-state index is 13.7. The van der Waals surface area contributed by atoms with E-state index in [1.165, 1.54) is 14.2 Å². The lowest BCUT2D eigenvalue weighted by molar-refractivity contribution is -0.158. The second kappa shape index (κ2) is 19.7. The van der Waals surface area contributed by atoms with E-state index < -0.39 is 93.3 Å². The molecule has 0 radical (unpaired) electrons. The van der Waals surface area contributed by atoms with Gasteiger partial charge in [-0.25, -0.2) is 9.59 Å². The van der Waals surface area contributed by atoms with Gasteiger partial charge in [-0.15, -0.1) is 26.3 Å². The number of ketones is 2. The van der Waals surface area contributed by atoms with Crippen LogP contribution in [0.5, 0.6) is 0 Å². The first-order valence-corrected chi connectivity index (χ1v) is 24.1. The number of esters is 2. The number of carbonyl (C=O) groups excluding carboxylic acids is 4. The number of fused-ring (bicyclic) bond motifs is 8. The highest BCUT2D eigenvalue weighted by Gasteiger charge is 2.65. The average molecular weight is 971 g/mol. The maximum atomic E-state index is 13.7. The summed E-state index contributed by atoms with van der Waals surface area (Å²) in [4.78, 5) is 57.4. The van der Waals surface area contributed by atoms with Crippen molar-refractivity contribution in [3.05, 3.63) is 119 Å². The number of ether oxygens (including phenoxy) is 4. The summed E-state index contributed by atoms with van der Waals surface area (Å²) >= 11 is 0. The highest BCUT2D eigenvalue weighted by Crippen LogP contribution is 2.64. The summed E-state index contributed by atoms with van der Waals surface area (Å²) in [5.74, 6) is -4.28. The van der Waals surface area contributed by atoms with Crippen LogP contribution in [-0.2, 0) is 38.1 Å². The van der Waals surface area contributed by atoms with Gasteiger partial charge in [0.25, 0.3) is 0 Å². The van der Waals surface area contributed by atoms with Gasteiger partial charge in [-0.1, -0.05) is 38.2 Å². The molecular formula is C54H70N2O14. The molecule has 0 aromatic rings. The van der Waals surface area contributed by atoms with E-state index in [-0.39, 0.29) is 60.2 Å². The van der Waals surface area contributed by atoms with Crippen LogP contribution in [0, 0.1) is 33.5 Å². The molecule has 2 unspecified atom stereocenters. The van der Waals surface area contributed by atoms with E-state index in [0.717, 1.165) is 0 Å². The Morgan fingerprint density at radius 2 is 0.914 bits per heavy atom. The number of aliphatic hydroxyl groups is 6. The first kappa shape index (κ1) is 52.5. The zero-order valence-electron chi connectivity index (χ0n) is 41.2. The monoisotopic (exact) mass is 970 g/mol. The van der Waals surface area contributed by atoms with Gasteiger partial charge in [-0.05, 0) is 75.4 Å². The third kappa shape index (κ3) is 7.99. The van der Waals surface area contributed by atoms with Gasteiger partial charge < -0.3 is 59.4 Å². The Labute approximate surface area is 410 Å². The van der Waals surface area contributed by atoms with Crippen LogP contribution >= 0.6 is 0 Å². The third-order valence-corrected chi connectivity index (χ3v) is 16.8. The summed E-state index contributed by atoms with van der Waals surface area (Å²) in [6.07, 6.45) is 7.25. The zero-order chi connectivity index (χ0) is 51.4. The molecule has 2 aliphatic heterocycles. The molecule has 6 N–H and O–H groups in total. The molecule has 0 amide bonds. The molecular weight excluding hydrogens is 901 g/mol. The molecule has 0 aromatic carbocycles. The first-order chi connectivity index (χ1) is 33.1. The second-order valence-electron chi connectivity index (χ2n) is 20.8. The van der Waals surface area contributed by atoms with Gasteiger partial charge in [0.05, 0.1) is 59.6 Å². The Kier molecular flexibility index (Phi) is 14.8. The van der Waals surface area contributed by atoms with Gasteiger partial charge in [0.15, 0.2) is 11.5 Å². The van der Waals surface area contributed by atoms with Crippen molar-refractivity contribution in [3.63, 3.8) is 0 Å². The number of cyclic esters (lactones) is 2. The molecule has 16 heteroatoms. The van der Waals surface area contributed by atoms with Crippen molar-refractivity contribution in [2.45, 2.75) is 103 Å². The van der Waals surface area contributed by atoms with E-state index >= 15 is 0 Å². The first-order valence-electron chi connectivity index (χ1n) is 24.1. The Hall–Kier alpha value is -5.36. The zero-order valence-corrected chi connectivity index (χ0v) is 41.2. The summed E-state index contributed by atoms with van der Waals surface area (Å²) in [5.41, 5.74) is -1.84. The summed E-state index contributed by atoms with van der Waals surface area (Å²) in [7, 11) is 2.96. The maximum Gasteiger partial charge on any atom is 0.340 e. The molecule has 16 nitrogen and oxygen atoms in total. The van der Waals surface area contributed by atoms with E-state index in [0.29, 0.717) is 74.2 Å². The smallest absolute Gasteiger partial charge is 0.340 e. The van der Waals surface area contributed by atoms with Crippen molar-refractivity contribution >= 4 is 23.5 Å². The second-order valence-corrected chi connectivity index (χ2v) is 20.8. The third-order valence-electron chi connectivity index (χ3n) is 16.8. The van der Waals surface area contributed by atoms with Crippen LogP contribution in [0.15, 0.2) is 119 Å². The molecule has 0 bridgehead atoms. The van der Waals surface area contributed by atoms with Gasteiger partial charge in [0.1, 0.15) is 12.2 Å². The van der Waals surface area contributed by atoms with Crippen molar-refractivity contribution in [2.75, 3.05) is 53.6 Å². The van der Waals surface area contributed by atoms with Crippen molar-refractivity contribution in [1.82, 2.24) is 9.80 Å². The number of Topliss-reactive ketones (excluding diaryl/α,β-unsaturated/α-hetero) is 2. The van der Waals surface area contributed by atoms with Crippen molar-refractivity contribution in [3.8, 4) is 0 Å². The highest BCUT2D eigenvalue weighted by atomic mass is 16.6. The number of allylic oxidation sites excluding steroid dienone is 2. The van der Waals surface area contributed by atoms with Crippen LogP contribution < -0.4 is 0 Å². The SMILES string of the molecule is C=CCN(/C=C1/C(=O)O[C@H](COC)[C@@]2(C)C1=C(O)C(=O)C1=C2[C@H](O)C[C@]2(C)C(O)CC[C@@H]12)CC=C.C=CCN(/C=C1\C(=O)O[C@H](COC)[C@@]2(C)C1=C(O)C(=O)C1=C2[C@H](O)C[C@]2(C)C(O)CC[C@@H]12)CC=C. The van der Waals surface area contributed by atoms with Crippen molar-refractivity contribution in [2.24, 2.45) is 33.5 Å². The van der Waals surface area contributed by atoms with E-state index in [2.05, 4.69) is 26.3 Å². The summed E-state index contributed by atoms with van der Waals surface area (Å²) in [5, 5.41) is 67.1. The van der Waals surface area contributed by atoms with Crippen LogP contribution in [0.4, 0.5) is 0 Å². The van der Waals surface area contributed by atoms with Gasteiger partial charge in [0.2, 0.25) is 11.6 Å². The minimum Gasteiger partial charge on any atom is -0.504 e. The van der Waals surface area contributed by atoms with Gasteiger partial charge in [-0.2, -0.15) is 0 Å². The Morgan fingerprint density at radius 3 is 1.21 bits per heavy atom. The number of methoxy groups -OCH3 is 2. The standard InChI is InChI=1S/2C27H35NO7/c2*1-6-10-28(11-7-2)13-15-21-24(32)23(31)20-16-8-9-18(30)26(16,3)12-17(29)22(20)27(21,4)19(14-34-5)35-25(15)33/h2*6-7,13,16-19,29-30,32H,1-2,8-12,14H2,3-5H3/b15-13+;15-13-/t2*16-,17+,18?,19+,26-,27-/m00/s1. The van der Waals surface area contributed by atoms with E-state index in [1.54, 1.807) is 60.4 Å². The summed E-state index contributed by atoms with van der Waals surface area (Å²) in [6, 6.07) is 0. The van der Waals surface area contributed by atoms with Crippen molar-refractivity contribution < 1.29 is 68.8 Å². The molecule has 8 rings (SSSR count). The molecule has 12 atom stereocenters. The Balaban J connectivity index is 0.000000206. The molecule has 2 heterocycles. The minimum absolute atomic E-state index is 0.0115. The van der Waals surface area contributed by atoms with Gasteiger partial charge >= 0.3 is 11.9 Å². The Bertz CT molecular complexity index is 2260. The predicted octanol–water partition coefficient (Wildman–Crippen LogP) is 4.71. The van der Waals surface area contributed by atoms with Crippen LogP contribution in [0.3, 0.4) is 0 Å². The lowest BCUT2D eigenvalue weighted by Crippen LogP contribution is -2.56. The molecule has 2 saturated heterocycles. The number of aliphatic hydroxyl groups excluding tert-OH is 6. The largest absolute Gasteiger partial charge is 0.504 e. The van der Waals surface area contributed by atoms with E-state index in [1.807, 2.05) is 13.8 Å². The average Bonchev–Trinajstić information content (AvgIpc) is 3.76. The molecule has 4 fully saturated rings. The van der Waals surface area contributed by atoms with Crippen LogP contribution in [0.2, 0.25) is 0 Å². The summed E-state index contributed by atoms with van der Waals surface area (Å²) in [6.45, 7) is 23.9. The van der Waals surface area contributed by atoms with Gasteiger partial charge in [-0.3, -0.25) is 9.59 Å². The number of nitrogens with zero attached hydrogens (tertiary/aromatic N) is 2. The molecule has 380 valence electrons.